The maximum absolute atomic E-state index is 13.9. The smallest absolute Gasteiger partial charge is 0.410 e. The zero-order valence-electron chi connectivity index (χ0n) is 18.2. The van der Waals surface area contributed by atoms with Crippen molar-refractivity contribution < 1.29 is 27.4 Å². The topological polar surface area (TPSA) is 77.4 Å². The van der Waals surface area contributed by atoms with Crippen molar-refractivity contribution in [3.8, 4) is 11.5 Å². The molecule has 10 heteroatoms. The Morgan fingerprint density at radius 3 is 2.55 bits per heavy atom. The third kappa shape index (κ3) is 4.59. The Balaban J connectivity index is 1.65. The number of benzene rings is 2. The predicted octanol–water partition coefficient (Wildman–Crippen LogP) is 5.12. The first kappa shape index (κ1) is 22.5. The highest BCUT2D eigenvalue weighted by molar-refractivity contribution is 6.03. The first-order chi connectivity index (χ1) is 15.7. The molecule has 1 aliphatic heterocycles. The number of alkyl halides is 3. The van der Waals surface area contributed by atoms with Crippen molar-refractivity contribution in [2.45, 2.75) is 31.6 Å². The van der Waals surface area contributed by atoms with E-state index in [-0.39, 0.29) is 17.9 Å². The van der Waals surface area contributed by atoms with Crippen molar-refractivity contribution >= 4 is 17.4 Å². The number of nitrogens with zero attached hydrogens (tertiary/aromatic N) is 2. The van der Waals surface area contributed by atoms with Gasteiger partial charge >= 0.3 is 6.18 Å². The molecule has 3 aromatic rings. The zero-order valence-corrected chi connectivity index (χ0v) is 18.2. The monoisotopic (exact) mass is 460 g/mol. The van der Waals surface area contributed by atoms with E-state index in [2.05, 4.69) is 15.7 Å². The van der Waals surface area contributed by atoms with Gasteiger partial charge in [0, 0.05) is 18.2 Å². The first-order valence-corrected chi connectivity index (χ1v) is 10.2. The number of nitrogens with one attached hydrogen (secondary N) is 2. The molecular formula is C23H23F3N4O3. The molecule has 2 aromatic carbocycles. The van der Waals surface area contributed by atoms with Crippen molar-refractivity contribution in [3.63, 3.8) is 0 Å². The third-order valence-corrected chi connectivity index (χ3v) is 5.51. The summed E-state index contributed by atoms with van der Waals surface area (Å²) in [7, 11) is 2.95. The summed E-state index contributed by atoms with van der Waals surface area (Å²) >= 11 is 0. The predicted molar refractivity (Wildman–Crippen MR) is 117 cm³/mol. The summed E-state index contributed by atoms with van der Waals surface area (Å²) in [5, 5.41) is 9.74. The van der Waals surface area contributed by atoms with E-state index >= 15 is 0 Å². The van der Waals surface area contributed by atoms with Crippen LogP contribution in [-0.4, -0.2) is 36.1 Å². The zero-order chi connectivity index (χ0) is 23.8. The van der Waals surface area contributed by atoms with Crippen LogP contribution in [0.5, 0.6) is 11.5 Å². The highest BCUT2D eigenvalue weighted by Crippen LogP contribution is 2.44. The molecule has 2 unspecified atom stereocenters. The van der Waals surface area contributed by atoms with E-state index < -0.39 is 24.2 Å². The van der Waals surface area contributed by atoms with Gasteiger partial charge in [0.15, 0.2) is 23.2 Å². The fourth-order valence-electron chi connectivity index (χ4n) is 3.89. The Kier molecular flexibility index (Phi) is 5.92. The molecule has 0 bridgehead atoms. The quantitative estimate of drug-likeness (QED) is 0.553. The van der Waals surface area contributed by atoms with Gasteiger partial charge in [0.05, 0.1) is 20.3 Å². The van der Waals surface area contributed by atoms with E-state index in [0.717, 1.165) is 10.2 Å². The highest BCUT2D eigenvalue weighted by atomic mass is 19.4. The second-order valence-corrected chi connectivity index (χ2v) is 7.79. The van der Waals surface area contributed by atoms with Crippen LogP contribution >= 0.6 is 0 Å². The lowest BCUT2D eigenvalue weighted by molar-refractivity contribution is -0.173. The van der Waals surface area contributed by atoms with Crippen LogP contribution in [0.25, 0.3) is 0 Å². The largest absolute Gasteiger partial charge is 0.493 e. The molecule has 0 fully saturated rings. The Bertz CT molecular complexity index is 1180. The molecule has 0 spiro atoms. The van der Waals surface area contributed by atoms with Crippen molar-refractivity contribution in [3.05, 3.63) is 65.4 Å². The molecule has 7 nitrogen and oxygen atoms in total. The molecule has 0 radical (unpaired) electrons. The van der Waals surface area contributed by atoms with Crippen LogP contribution in [0, 0.1) is 6.92 Å². The molecule has 33 heavy (non-hydrogen) atoms. The average Bonchev–Trinajstić information content (AvgIpc) is 3.21. The minimum Gasteiger partial charge on any atom is -0.493 e. The number of rotatable bonds is 5. The molecule has 0 saturated heterocycles. The molecule has 174 valence electrons. The summed E-state index contributed by atoms with van der Waals surface area (Å²) in [5.74, 6) is 0.410. The van der Waals surface area contributed by atoms with Gasteiger partial charge in [-0.25, -0.2) is 4.68 Å². The van der Waals surface area contributed by atoms with Gasteiger partial charge in [-0.05, 0) is 42.3 Å². The van der Waals surface area contributed by atoms with Crippen molar-refractivity contribution in [2.75, 3.05) is 24.9 Å². The van der Waals surface area contributed by atoms with Gasteiger partial charge in [-0.3, -0.25) is 4.79 Å². The normalized spacial score (nSPS) is 17.6. The van der Waals surface area contributed by atoms with Gasteiger partial charge in [-0.1, -0.05) is 18.2 Å². The lowest BCUT2D eigenvalue weighted by Gasteiger charge is -2.33. The molecule has 2 heterocycles. The molecule has 1 aliphatic rings. The van der Waals surface area contributed by atoms with Crippen LogP contribution in [0.4, 0.5) is 24.7 Å². The second-order valence-electron chi connectivity index (χ2n) is 7.79. The summed E-state index contributed by atoms with van der Waals surface area (Å²) in [6.07, 6.45) is -4.85. The Morgan fingerprint density at radius 1 is 1.12 bits per heavy atom. The van der Waals surface area contributed by atoms with Gasteiger partial charge in [0.1, 0.15) is 5.82 Å². The van der Waals surface area contributed by atoms with Crippen LogP contribution < -0.4 is 20.1 Å². The number of anilines is 2. The minimum atomic E-state index is -4.55. The van der Waals surface area contributed by atoms with E-state index in [4.69, 9.17) is 9.47 Å². The molecule has 2 atom stereocenters. The summed E-state index contributed by atoms with van der Waals surface area (Å²) in [6, 6.07) is 10.8. The Labute approximate surface area is 188 Å². The number of aromatic nitrogens is 2. The maximum Gasteiger partial charge on any atom is 0.410 e. The fraction of sp³-hybridized carbons (Fsp3) is 0.304. The highest BCUT2D eigenvalue weighted by Gasteiger charge is 2.47. The lowest BCUT2D eigenvalue weighted by Crippen LogP contribution is -2.35. The number of amides is 1. The van der Waals surface area contributed by atoms with E-state index in [9.17, 15) is 18.0 Å². The van der Waals surface area contributed by atoms with Gasteiger partial charge < -0.3 is 20.1 Å². The summed E-state index contributed by atoms with van der Waals surface area (Å²) in [5.41, 5.74) is 1.96. The summed E-state index contributed by atoms with van der Waals surface area (Å²) in [4.78, 5) is 12.7. The minimum absolute atomic E-state index is 0.109. The van der Waals surface area contributed by atoms with Crippen LogP contribution in [0.15, 0.2) is 48.5 Å². The third-order valence-electron chi connectivity index (χ3n) is 5.51. The van der Waals surface area contributed by atoms with Gasteiger partial charge in [0.25, 0.3) is 5.91 Å². The fourth-order valence-corrected chi connectivity index (χ4v) is 3.89. The SMILES string of the molecule is COc1ccc(C2CC(C(F)(F)F)n3nc(C(=O)Nc4cccc(C)c4)cc3N2)cc1OC. The van der Waals surface area contributed by atoms with Gasteiger partial charge in [-0.2, -0.15) is 18.3 Å². The summed E-state index contributed by atoms with van der Waals surface area (Å²) in [6.45, 7) is 1.87. The number of carbonyl (C=O) groups is 1. The van der Waals surface area contributed by atoms with Crippen molar-refractivity contribution in [1.29, 1.82) is 0 Å². The second kappa shape index (κ2) is 8.68. The Morgan fingerprint density at radius 2 is 1.88 bits per heavy atom. The number of hydrogen-bond donors (Lipinski definition) is 2. The molecule has 1 aromatic heterocycles. The average molecular weight is 460 g/mol. The van der Waals surface area contributed by atoms with E-state index in [1.165, 1.54) is 20.3 Å². The molecule has 4 rings (SSSR count). The molecule has 2 N–H and O–H groups in total. The number of carbonyl (C=O) groups excluding carboxylic acids is 1. The Hall–Kier alpha value is -3.69. The number of ether oxygens (including phenoxy) is 2. The van der Waals surface area contributed by atoms with Crippen LogP contribution in [0.3, 0.4) is 0 Å². The number of halogens is 3. The van der Waals surface area contributed by atoms with E-state index in [1.54, 1.807) is 36.4 Å². The van der Waals surface area contributed by atoms with Gasteiger partial charge in [-0.15, -0.1) is 0 Å². The van der Waals surface area contributed by atoms with Crippen molar-refractivity contribution in [1.82, 2.24) is 9.78 Å². The number of methoxy groups -OCH3 is 2. The first-order valence-electron chi connectivity index (χ1n) is 10.2. The van der Waals surface area contributed by atoms with Crippen LogP contribution in [-0.2, 0) is 0 Å². The number of fused-ring (bicyclic) bond motifs is 1. The molecule has 0 saturated carbocycles. The van der Waals surface area contributed by atoms with Gasteiger partial charge in [0.2, 0.25) is 0 Å². The maximum atomic E-state index is 13.9. The lowest BCUT2D eigenvalue weighted by atomic mass is 9.96. The number of hydrogen-bond acceptors (Lipinski definition) is 5. The van der Waals surface area contributed by atoms with Crippen LogP contribution in [0.2, 0.25) is 0 Å². The molecule has 0 aliphatic carbocycles. The van der Waals surface area contributed by atoms with E-state index in [1.807, 2.05) is 13.0 Å². The number of aryl methyl sites for hydroxylation is 1. The summed E-state index contributed by atoms with van der Waals surface area (Å²) < 4.78 is 53.2. The molecular weight excluding hydrogens is 437 g/mol. The molecule has 1 amide bonds. The van der Waals surface area contributed by atoms with Crippen LogP contribution in [0.1, 0.15) is 40.1 Å². The standard InChI is InChI=1S/C23H23F3N4O3/c1-13-5-4-6-15(9-13)27-22(31)17-12-21-28-16(11-20(23(24,25)26)30(21)29-17)14-7-8-18(32-2)19(10-14)33-3/h4-10,12,16,20,28H,11H2,1-3H3,(H,27,31). The van der Waals surface area contributed by atoms with Crippen molar-refractivity contribution in [2.24, 2.45) is 0 Å². The van der Waals surface area contributed by atoms with E-state index in [0.29, 0.717) is 22.7 Å².